The highest BCUT2D eigenvalue weighted by atomic mass is 16.3. The molecule has 5 N–H and O–H groups in total. The third-order valence-corrected chi connectivity index (χ3v) is 10.4. The Kier molecular flexibility index (Phi) is 39.0. The third kappa shape index (κ3) is 34.3. The van der Waals surface area contributed by atoms with Crippen molar-refractivity contribution in [3.05, 3.63) is 24.3 Å². The topological polar surface area (TPSA) is 110 Å². The minimum absolute atomic E-state index is 0.368. The van der Waals surface area contributed by atoms with Crippen LogP contribution in [0.15, 0.2) is 24.3 Å². The van der Waals surface area contributed by atoms with E-state index in [1.165, 1.54) is 154 Å². The molecule has 0 aliphatic rings. The van der Waals surface area contributed by atoms with Crippen molar-refractivity contribution in [1.29, 1.82) is 0 Å². The third-order valence-electron chi connectivity index (χ3n) is 10.4. The normalized spacial score (nSPS) is 14.4. The summed E-state index contributed by atoms with van der Waals surface area (Å²) in [6, 6.07) is -0.981. The zero-order valence-corrected chi connectivity index (χ0v) is 33.9. The maximum Gasteiger partial charge on any atom is 0.249 e. The van der Waals surface area contributed by atoms with Gasteiger partial charge in [-0.15, -0.1) is 0 Å². The van der Waals surface area contributed by atoms with Crippen molar-refractivity contribution < 1.29 is 25.2 Å². The number of aliphatic hydroxyl groups excluding tert-OH is 4. The van der Waals surface area contributed by atoms with Gasteiger partial charge in [-0.25, -0.2) is 0 Å². The number of rotatable bonds is 40. The van der Waals surface area contributed by atoms with Crippen molar-refractivity contribution >= 4 is 5.91 Å². The summed E-state index contributed by atoms with van der Waals surface area (Å²) in [6.45, 7) is 3.99. The predicted molar refractivity (Wildman–Crippen MR) is 219 cm³/mol. The molecule has 0 radical (unpaired) electrons. The number of nitrogens with one attached hydrogen (secondary N) is 1. The Labute approximate surface area is 316 Å². The minimum Gasteiger partial charge on any atom is -0.394 e. The summed E-state index contributed by atoms with van der Waals surface area (Å²) in [6.07, 6.45) is 45.3. The van der Waals surface area contributed by atoms with E-state index in [9.17, 15) is 25.2 Å². The van der Waals surface area contributed by atoms with Crippen LogP contribution in [0.2, 0.25) is 0 Å². The van der Waals surface area contributed by atoms with Gasteiger partial charge in [-0.05, 0) is 44.9 Å². The van der Waals surface area contributed by atoms with E-state index >= 15 is 0 Å². The van der Waals surface area contributed by atoms with Gasteiger partial charge in [-0.3, -0.25) is 4.79 Å². The van der Waals surface area contributed by atoms with E-state index in [0.29, 0.717) is 12.8 Å². The van der Waals surface area contributed by atoms with E-state index in [0.717, 1.165) is 44.9 Å². The highest BCUT2D eigenvalue weighted by Gasteiger charge is 2.28. The lowest BCUT2D eigenvalue weighted by molar-refractivity contribution is -0.132. The number of aliphatic hydroxyl groups is 4. The van der Waals surface area contributed by atoms with Gasteiger partial charge in [0.15, 0.2) is 0 Å². The molecule has 0 rings (SSSR count). The summed E-state index contributed by atoms with van der Waals surface area (Å²) >= 11 is 0. The Morgan fingerprint density at radius 2 is 0.843 bits per heavy atom. The Hall–Kier alpha value is -1.21. The average Bonchev–Trinajstić information content (AvgIpc) is 3.13. The second-order valence-corrected chi connectivity index (χ2v) is 15.4. The fraction of sp³-hybridized carbons (Fsp3) is 0.889. The van der Waals surface area contributed by atoms with Gasteiger partial charge in [-0.2, -0.15) is 0 Å². The molecule has 4 atom stereocenters. The number of hydrogen-bond acceptors (Lipinski definition) is 5. The Balaban J connectivity index is 3.59. The summed E-state index contributed by atoms with van der Waals surface area (Å²) in [7, 11) is 0. The monoisotopic (exact) mass is 722 g/mol. The quantitative estimate of drug-likeness (QED) is 0.0320. The maximum absolute atomic E-state index is 12.4. The van der Waals surface area contributed by atoms with Gasteiger partial charge in [0.05, 0.1) is 18.8 Å². The Morgan fingerprint density at radius 3 is 1.24 bits per heavy atom. The van der Waals surface area contributed by atoms with E-state index in [1.807, 2.05) is 0 Å². The van der Waals surface area contributed by atoms with Crippen molar-refractivity contribution in [3.63, 3.8) is 0 Å². The van der Waals surface area contributed by atoms with E-state index in [2.05, 4.69) is 43.5 Å². The number of carbonyl (C=O) groups excluding carboxylic acids is 1. The first-order valence-corrected chi connectivity index (χ1v) is 22.2. The van der Waals surface area contributed by atoms with Crippen LogP contribution in [-0.4, -0.2) is 57.3 Å². The number of hydrogen-bond donors (Lipinski definition) is 5. The lowest BCUT2D eigenvalue weighted by atomic mass is 9.99. The van der Waals surface area contributed by atoms with Gasteiger partial charge in [0.1, 0.15) is 12.2 Å². The molecule has 0 spiro atoms. The fourth-order valence-corrected chi connectivity index (χ4v) is 6.85. The van der Waals surface area contributed by atoms with Crippen LogP contribution in [0, 0.1) is 0 Å². The zero-order chi connectivity index (χ0) is 37.5. The van der Waals surface area contributed by atoms with E-state index < -0.39 is 36.9 Å². The molecule has 51 heavy (non-hydrogen) atoms. The molecule has 6 nitrogen and oxygen atoms in total. The molecule has 0 heterocycles. The molecule has 0 aromatic carbocycles. The molecule has 0 aliphatic heterocycles. The second-order valence-electron chi connectivity index (χ2n) is 15.4. The van der Waals surface area contributed by atoms with Gasteiger partial charge >= 0.3 is 0 Å². The molecule has 0 aromatic rings. The standard InChI is InChI=1S/C45H87NO5/c1-3-5-7-9-11-12-13-14-15-16-17-18-19-20-21-22-23-24-25-26-27-28-29-30-31-33-35-37-39-43(49)45(51)46-41(40-47)44(50)42(48)38-36-34-32-10-8-6-4-2/h17-18,20-21,41-44,47-50H,3-16,19,22-40H2,1-2H3,(H,46,51)/b18-17-,21-20-. The SMILES string of the molecule is CCCCCCCCCCC/C=C\C/C=C\CCCCCCCCCCCCCCC(O)C(=O)NC(CO)C(O)C(O)CCCCCCCCC. The van der Waals surface area contributed by atoms with Gasteiger partial charge in [0.2, 0.25) is 5.91 Å². The van der Waals surface area contributed by atoms with Gasteiger partial charge in [-0.1, -0.05) is 205 Å². The zero-order valence-electron chi connectivity index (χ0n) is 33.9. The largest absolute Gasteiger partial charge is 0.394 e. The fourth-order valence-electron chi connectivity index (χ4n) is 6.85. The van der Waals surface area contributed by atoms with Crippen LogP contribution in [-0.2, 0) is 4.79 Å². The lowest BCUT2D eigenvalue weighted by Gasteiger charge is -2.27. The molecule has 1 amide bonds. The predicted octanol–water partition coefficient (Wildman–Crippen LogP) is 11.6. The first kappa shape index (κ1) is 49.8. The van der Waals surface area contributed by atoms with Crippen molar-refractivity contribution in [2.45, 2.75) is 250 Å². The van der Waals surface area contributed by atoms with Crippen LogP contribution in [0.5, 0.6) is 0 Å². The van der Waals surface area contributed by atoms with E-state index in [4.69, 9.17) is 0 Å². The van der Waals surface area contributed by atoms with Crippen LogP contribution in [0.3, 0.4) is 0 Å². The molecule has 0 bridgehead atoms. The summed E-state index contributed by atoms with van der Waals surface area (Å²) in [5, 5.41) is 43.3. The molecule has 4 unspecified atom stereocenters. The molecule has 0 saturated carbocycles. The number of carbonyl (C=O) groups is 1. The molecular weight excluding hydrogens is 634 g/mol. The molecule has 302 valence electrons. The van der Waals surface area contributed by atoms with Crippen LogP contribution in [0.1, 0.15) is 226 Å². The van der Waals surface area contributed by atoms with Crippen molar-refractivity contribution in [2.75, 3.05) is 6.61 Å². The molecule has 0 aromatic heterocycles. The Bertz CT molecular complexity index is 772. The maximum atomic E-state index is 12.4. The highest BCUT2D eigenvalue weighted by Crippen LogP contribution is 2.16. The van der Waals surface area contributed by atoms with Crippen LogP contribution in [0.4, 0.5) is 0 Å². The summed E-state index contributed by atoms with van der Waals surface area (Å²) in [5.74, 6) is -0.588. The van der Waals surface area contributed by atoms with Gasteiger partial charge in [0, 0.05) is 0 Å². The minimum atomic E-state index is -1.25. The van der Waals surface area contributed by atoms with Gasteiger partial charge in [0.25, 0.3) is 0 Å². The summed E-state index contributed by atoms with van der Waals surface area (Å²) in [5.41, 5.74) is 0. The van der Waals surface area contributed by atoms with Crippen molar-refractivity contribution in [1.82, 2.24) is 5.32 Å². The average molecular weight is 722 g/mol. The molecule has 0 aliphatic carbocycles. The lowest BCUT2D eigenvalue weighted by Crippen LogP contribution is -2.53. The molecule has 0 saturated heterocycles. The van der Waals surface area contributed by atoms with Crippen LogP contribution in [0.25, 0.3) is 0 Å². The number of amides is 1. The first-order chi connectivity index (χ1) is 25.0. The van der Waals surface area contributed by atoms with Crippen LogP contribution >= 0.6 is 0 Å². The molecule has 0 fully saturated rings. The van der Waals surface area contributed by atoms with Crippen molar-refractivity contribution in [3.8, 4) is 0 Å². The van der Waals surface area contributed by atoms with Crippen LogP contribution < -0.4 is 5.32 Å². The number of allylic oxidation sites excluding steroid dienone is 4. The first-order valence-electron chi connectivity index (χ1n) is 22.2. The summed E-state index contributed by atoms with van der Waals surface area (Å²) < 4.78 is 0. The van der Waals surface area contributed by atoms with E-state index in [1.54, 1.807) is 0 Å². The van der Waals surface area contributed by atoms with Gasteiger partial charge < -0.3 is 25.7 Å². The Morgan fingerprint density at radius 1 is 0.490 bits per heavy atom. The number of unbranched alkanes of at least 4 members (excludes halogenated alkanes) is 27. The molecular formula is C45H87NO5. The summed E-state index contributed by atoms with van der Waals surface area (Å²) in [4.78, 5) is 12.4. The van der Waals surface area contributed by atoms with Crippen molar-refractivity contribution in [2.24, 2.45) is 0 Å². The smallest absolute Gasteiger partial charge is 0.249 e. The highest BCUT2D eigenvalue weighted by molar-refractivity contribution is 5.80. The molecule has 6 heteroatoms. The second kappa shape index (κ2) is 40.0. The van der Waals surface area contributed by atoms with E-state index in [-0.39, 0.29) is 0 Å².